The van der Waals surface area contributed by atoms with Crippen LogP contribution in [-0.4, -0.2) is 88.7 Å². The van der Waals surface area contributed by atoms with E-state index in [0.29, 0.717) is 42.9 Å². The Bertz CT molecular complexity index is 1340. The van der Waals surface area contributed by atoms with Crippen LogP contribution in [0.3, 0.4) is 0 Å². The third-order valence-corrected chi connectivity index (χ3v) is 15.4. The van der Waals surface area contributed by atoms with E-state index in [1.807, 2.05) is 27.7 Å². The molecule has 0 saturated carbocycles. The SMILES string of the molecule is CCN[C@H]1CN(CCCOC)S(=O)(=O)c2sc(S(=O)(=O)NC(C)(CC)C(=O)[C@H](C)OC(C)(CC)C(=O)PC(C)CC)cc21. The Morgan fingerprint density at radius 2 is 1.84 bits per heavy atom. The van der Waals surface area contributed by atoms with Crippen molar-refractivity contribution < 1.29 is 35.9 Å². The minimum Gasteiger partial charge on any atom is -0.385 e. The van der Waals surface area contributed by atoms with E-state index in [1.54, 1.807) is 21.0 Å². The summed E-state index contributed by atoms with van der Waals surface area (Å²) in [5.74, 6) is -0.512. The van der Waals surface area contributed by atoms with Crippen molar-refractivity contribution in [1.82, 2.24) is 14.3 Å². The number of carbonyl (C=O) groups excluding carboxylic acids is 2. The highest BCUT2D eigenvalue weighted by Gasteiger charge is 2.45. The van der Waals surface area contributed by atoms with E-state index in [2.05, 4.69) is 10.0 Å². The summed E-state index contributed by atoms with van der Waals surface area (Å²) in [6, 6.07) is 1.00. The molecule has 248 valence electrons. The number of carbonyl (C=O) groups is 2. The Morgan fingerprint density at radius 1 is 1.19 bits per heavy atom. The molecule has 0 fully saturated rings. The molecule has 1 aromatic rings. The number of ketones is 1. The number of methoxy groups -OCH3 is 1. The largest absolute Gasteiger partial charge is 0.385 e. The van der Waals surface area contributed by atoms with Crippen molar-refractivity contribution in [3.63, 3.8) is 0 Å². The van der Waals surface area contributed by atoms with Crippen molar-refractivity contribution in [2.24, 2.45) is 0 Å². The lowest BCUT2D eigenvalue weighted by Gasteiger charge is -2.35. The normalized spacial score (nSPS) is 21.7. The van der Waals surface area contributed by atoms with E-state index in [1.165, 1.54) is 24.2 Å². The third-order valence-electron chi connectivity index (χ3n) is 8.07. The minimum atomic E-state index is -4.32. The maximum atomic E-state index is 13.7. The van der Waals surface area contributed by atoms with Gasteiger partial charge in [-0.15, -0.1) is 11.3 Å². The molecule has 2 rings (SSSR count). The molecule has 11 nitrogen and oxygen atoms in total. The fourth-order valence-electron chi connectivity index (χ4n) is 4.79. The van der Waals surface area contributed by atoms with Gasteiger partial charge in [-0.3, -0.25) is 9.59 Å². The lowest BCUT2D eigenvalue weighted by molar-refractivity contribution is -0.154. The first kappa shape index (κ1) is 38.4. The smallest absolute Gasteiger partial charge is 0.252 e. The predicted octanol–water partition coefficient (Wildman–Crippen LogP) is 4.03. The highest BCUT2D eigenvalue weighted by Crippen LogP contribution is 2.41. The van der Waals surface area contributed by atoms with Gasteiger partial charge in [-0.2, -0.15) is 9.03 Å². The topological polar surface area (TPSA) is 148 Å². The quantitative estimate of drug-likeness (QED) is 0.163. The molecule has 1 aliphatic rings. The molecule has 0 saturated heterocycles. The van der Waals surface area contributed by atoms with E-state index >= 15 is 0 Å². The second-order valence-corrected chi connectivity index (χ2v) is 18.2. The molecule has 2 N–H and O–H groups in total. The molecule has 2 heterocycles. The van der Waals surface area contributed by atoms with Crippen molar-refractivity contribution in [2.45, 2.75) is 118 Å². The Balaban J connectivity index is 2.38. The zero-order valence-corrected chi connectivity index (χ0v) is 30.4. The molecule has 1 aromatic heterocycles. The summed E-state index contributed by atoms with van der Waals surface area (Å²) >= 11 is 0.681. The van der Waals surface area contributed by atoms with Gasteiger partial charge < -0.3 is 14.8 Å². The molecule has 0 spiro atoms. The average Bonchev–Trinajstić information content (AvgIpc) is 3.43. The van der Waals surface area contributed by atoms with Gasteiger partial charge in [0.15, 0.2) is 11.3 Å². The van der Waals surface area contributed by atoms with Crippen LogP contribution in [0.15, 0.2) is 14.5 Å². The number of sulfonamides is 2. The Hall–Kier alpha value is -0.830. The molecular formula is C28H50N3O8PS3. The second-order valence-electron chi connectivity index (χ2n) is 11.4. The van der Waals surface area contributed by atoms with Crippen LogP contribution in [0.4, 0.5) is 0 Å². The van der Waals surface area contributed by atoms with E-state index in [0.717, 1.165) is 6.42 Å². The van der Waals surface area contributed by atoms with Crippen LogP contribution >= 0.6 is 19.9 Å². The maximum absolute atomic E-state index is 13.7. The molecule has 15 heteroatoms. The lowest BCUT2D eigenvalue weighted by atomic mass is 9.91. The number of thiophene rings is 1. The number of ether oxygens (including phenoxy) is 2. The number of nitrogens with zero attached hydrogens (tertiary/aromatic N) is 1. The van der Waals surface area contributed by atoms with E-state index in [9.17, 15) is 26.4 Å². The molecule has 4 unspecified atom stereocenters. The van der Waals surface area contributed by atoms with Crippen LogP contribution in [-0.2, 0) is 39.1 Å². The summed E-state index contributed by atoms with van der Waals surface area (Å²) in [6.07, 6.45) is 0.759. The summed E-state index contributed by atoms with van der Waals surface area (Å²) in [4.78, 5) is 26.8. The number of rotatable bonds is 19. The molecule has 0 aromatic carbocycles. The first-order valence-electron chi connectivity index (χ1n) is 14.9. The van der Waals surface area contributed by atoms with Crippen LogP contribution in [0.1, 0.15) is 92.7 Å². The first-order chi connectivity index (χ1) is 20.0. The maximum Gasteiger partial charge on any atom is 0.252 e. The molecule has 1 aliphatic heterocycles. The Kier molecular flexibility index (Phi) is 14.0. The van der Waals surface area contributed by atoms with Gasteiger partial charge in [0.1, 0.15) is 20.1 Å². The Morgan fingerprint density at radius 3 is 2.37 bits per heavy atom. The zero-order chi connectivity index (χ0) is 32.8. The van der Waals surface area contributed by atoms with Gasteiger partial charge in [0, 0.05) is 38.4 Å². The molecule has 43 heavy (non-hydrogen) atoms. The monoisotopic (exact) mass is 683 g/mol. The van der Waals surface area contributed by atoms with Gasteiger partial charge in [-0.25, -0.2) is 16.8 Å². The number of hydrogen-bond acceptors (Lipinski definition) is 10. The number of nitrogens with one attached hydrogen (secondary N) is 2. The molecule has 6 atom stereocenters. The first-order valence-corrected chi connectivity index (χ1v) is 19.7. The zero-order valence-electron chi connectivity index (χ0n) is 26.9. The molecule has 0 amide bonds. The minimum absolute atomic E-state index is 0.0249. The molecule has 0 bridgehead atoms. The van der Waals surface area contributed by atoms with Crippen molar-refractivity contribution >= 4 is 51.3 Å². The lowest BCUT2D eigenvalue weighted by Crippen LogP contribution is -2.56. The van der Waals surface area contributed by atoms with Crippen LogP contribution in [0.25, 0.3) is 0 Å². The van der Waals surface area contributed by atoms with Gasteiger partial charge in [-0.05, 0) is 73.3 Å². The number of fused-ring (bicyclic) bond motifs is 1. The third kappa shape index (κ3) is 8.92. The number of Topliss-reactive ketones (excluding diaryl/α,β-unsaturated/α-hetero) is 1. The molecular weight excluding hydrogens is 633 g/mol. The average molecular weight is 684 g/mol. The highest BCUT2D eigenvalue weighted by molar-refractivity contribution is 7.94. The summed E-state index contributed by atoms with van der Waals surface area (Å²) in [5, 5.41) is 3.26. The van der Waals surface area contributed by atoms with E-state index < -0.39 is 43.1 Å². The Labute approximate surface area is 264 Å². The summed E-state index contributed by atoms with van der Waals surface area (Å²) in [5.41, 5.74) is -2.21. The van der Waals surface area contributed by atoms with Crippen molar-refractivity contribution in [3.05, 3.63) is 11.6 Å². The van der Waals surface area contributed by atoms with Gasteiger partial charge in [0.25, 0.3) is 20.0 Å². The van der Waals surface area contributed by atoms with Crippen LogP contribution in [0.2, 0.25) is 0 Å². The summed E-state index contributed by atoms with van der Waals surface area (Å²) < 4.78 is 69.3. The fourth-order valence-corrected chi connectivity index (χ4v) is 11.3. The standard InChI is InChI=1S/C28H50N3O8PS3/c1-10-19(5)40-26(33)28(8,12-3)39-20(6)24(32)27(7,11-2)30-42(34,35)23-17-21-22(29-13-4)18-31(15-14-16-38-9)43(36,37)25(21)41-23/h17,19-20,22,29-30,40H,10-16,18H2,1-9H3/t19?,20-,22-,27?,28?/m0/s1. The van der Waals surface area contributed by atoms with E-state index in [4.69, 9.17) is 9.47 Å². The fraction of sp³-hybridized carbons (Fsp3) is 0.786. The summed E-state index contributed by atoms with van der Waals surface area (Å²) in [6.45, 7) is 15.5. The van der Waals surface area contributed by atoms with Crippen molar-refractivity contribution in [2.75, 3.05) is 33.4 Å². The van der Waals surface area contributed by atoms with Gasteiger partial charge in [0.05, 0.1) is 5.54 Å². The van der Waals surface area contributed by atoms with Crippen LogP contribution in [0, 0.1) is 0 Å². The van der Waals surface area contributed by atoms with Gasteiger partial charge in [-0.1, -0.05) is 34.6 Å². The van der Waals surface area contributed by atoms with Gasteiger partial charge >= 0.3 is 0 Å². The summed E-state index contributed by atoms with van der Waals surface area (Å²) in [7, 11) is -6.66. The van der Waals surface area contributed by atoms with Gasteiger partial charge in [0.2, 0.25) is 0 Å². The van der Waals surface area contributed by atoms with Crippen LogP contribution in [0.5, 0.6) is 0 Å². The van der Waals surface area contributed by atoms with Crippen molar-refractivity contribution in [3.8, 4) is 0 Å². The number of likely N-dealkylation sites (N-methyl/N-ethyl adjacent to an activating group) is 1. The molecule has 0 radical (unpaired) electrons. The number of hydrogen-bond donors (Lipinski definition) is 2. The highest BCUT2D eigenvalue weighted by atomic mass is 32.3. The second kappa shape index (κ2) is 15.6. The predicted molar refractivity (Wildman–Crippen MR) is 172 cm³/mol. The van der Waals surface area contributed by atoms with Crippen molar-refractivity contribution in [1.29, 1.82) is 0 Å². The van der Waals surface area contributed by atoms with Crippen LogP contribution < -0.4 is 10.0 Å². The molecule has 0 aliphatic carbocycles. The van der Waals surface area contributed by atoms with E-state index in [-0.39, 0.29) is 53.7 Å².